The third kappa shape index (κ3) is 6.03. The van der Waals surface area contributed by atoms with Crippen LogP contribution in [0.4, 0.5) is 5.95 Å². The number of rotatable bonds is 4. The van der Waals surface area contributed by atoms with Crippen molar-refractivity contribution in [2.24, 2.45) is 7.05 Å². The number of nitrogens with zero attached hydrogens (tertiary/aromatic N) is 2. The Bertz CT molecular complexity index is 1070. The predicted molar refractivity (Wildman–Crippen MR) is 114 cm³/mol. The van der Waals surface area contributed by atoms with Crippen molar-refractivity contribution < 1.29 is 24.9 Å². The van der Waals surface area contributed by atoms with Crippen LogP contribution in [0.1, 0.15) is 5.56 Å². The van der Waals surface area contributed by atoms with Crippen LogP contribution in [0.15, 0.2) is 42.6 Å². The Hall–Kier alpha value is -2.94. The molecule has 3 aromatic rings. The molecule has 0 spiro atoms. The number of hydrogen-bond acceptors (Lipinski definition) is 5. The van der Waals surface area contributed by atoms with Gasteiger partial charge in [-0.1, -0.05) is 40.9 Å². The maximum Gasteiger partial charge on any atom is 0.414 e. The fraction of sp³-hybridized carbons (Fsp3) is 0.105. The maximum atomic E-state index is 9.87. The van der Waals surface area contributed by atoms with Crippen LogP contribution in [0.3, 0.4) is 0 Å². The molecular formula is C19H16Cl3N3O5. The minimum atomic E-state index is -1.82. The van der Waals surface area contributed by atoms with Gasteiger partial charge in [-0.2, -0.15) is 0 Å². The summed E-state index contributed by atoms with van der Waals surface area (Å²) in [5, 5.41) is 29.4. The number of carbonyl (C=O) groups is 2. The number of aromatic nitrogens is 2. The molecule has 0 amide bonds. The van der Waals surface area contributed by atoms with Crippen LogP contribution in [0.2, 0.25) is 15.1 Å². The van der Waals surface area contributed by atoms with Gasteiger partial charge in [0.25, 0.3) is 0 Å². The van der Waals surface area contributed by atoms with Crippen molar-refractivity contribution in [1.82, 2.24) is 9.55 Å². The van der Waals surface area contributed by atoms with Crippen LogP contribution in [0.25, 0.3) is 11.3 Å². The van der Waals surface area contributed by atoms with Crippen molar-refractivity contribution >= 4 is 52.7 Å². The molecule has 0 aliphatic carbocycles. The molecule has 0 atom stereocenters. The normalized spacial score (nSPS) is 10.1. The zero-order chi connectivity index (χ0) is 22.4. The average Bonchev–Trinajstić information content (AvgIpc) is 3.05. The molecule has 11 heteroatoms. The summed E-state index contributed by atoms with van der Waals surface area (Å²) in [6.07, 6.45) is 1.75. The number of aromatic hydroxyl groups is 1. The lowest BCUT2D eigenvalue weighted by molar-refractivity contribution is -0.159. The summed E-state index contributed by atoms with van der Waals surface area (Å²) in [7, 11) is 1.89. The minimum absolute atomic E-state index is 0.186. The van der Waals surface area contributed by atoms with Gasteiger partial charge in [0, 0.05) is 29.7 Å². The van der Waals surface area contributed by atoms with E-state index in [-0.39, 0.29) is 5.75 Å². The first-order valence-electron chi connectivity index (χ1n) is 8.24. The van der Waals surface area contributed by atoms with Gasteiger partial charge < -0.3 is 25.2 Å². The summed E-state index contributed by atoms with van der Waals surface area (Å²) in [6.45, 7) is 0.401. The molecule has 0 radical (unpaired) electrons. The molecule has 0 aliphatic rings. The third-order valence-corrected chi connectivity index (χ3v) is 4.84. The Morgan fingerprint density at radius 2 is 1.70 bits per heavy atom. The largest absolute Gasteiger partial charge is 0.508 e. The fourth-order valence-corrected chi connectivity index (χ4v) is 2.86. The van der Waals surface area contributed by atoms with Crippen molar-refractivity contribution in [3.05, 3.63) is 63.2 Å². The molecule has 0 saturated carbocycles. The van der Waals surface area contributed by atoms with Crippen LogP contribution in [-0.4, -0.2) is 36.8 Å². The second-order valence-electron chi connectivity index (χ2n) is 5.89. The smallest absolute Gasteiger partial charge is 0.414 e. The monoisotopic (exact) mass is 471 g/mol. The topological polar surface area (TPSA) is 125 Å². The molecule has 30 heavy (non-hydrogen) atoms. The van der Waals surface area contributed by atoms with Crippen molar-refractivity contribution in [2.45, 2.75) is 6.54 Å². The van der Waals surface area contributed by atoms with Crippen LogP contribution in [0.5, 0.6) is 5.75 Å². The van der Waals surface area contributed by atoms with Crippen molar-refractivity contribution in [1.29, 1.82) is 0 Å². The third-order valence-electron chi connectivity index (χ3n) is 3.86. The Labute approximate surface area is 186 Å². The van der Waals surface area contributed by atoms with Gasteiger partial charge in [0.05, 0.1) is 21.9 Å². The van der Waals surface area contributed by atoms with E-state index in [1.807, 2.05) is 17.7 Å². The van der Waals surface area contributed by atoms with Gasteiger partial charge in [0.15, 0.2) is 0 Å². The lowest BCUT2D eigenvalue weighted by Crippen LogP contribution is -2.09. The van der Waals surface area contributed by atoms with Crippen molar-refractivity contribution in [2.75, 3.05) is 5.32 Å². The Morgan fingerprint density at radius 1 is 1.03 bits per heavy atom. The maximum absolute atomic E-state index is 9.87. The quantitative estimate of drug-likeness (QED) is 0.411. The lowest BCUT2D eigenvalue weighted by Gasteiger charge is -2.10. The summed E-state index contributed by atoms with van der Waals surface area (Å²) in [5.41, 5.74) is 2.51. The number of hydrogen-bond donors (Lipinski definition) is 4. The fourth-order valence-electron chi connectivity index (χ4n) is 2.37. The van der Waals surface area contributed by atoms with Gasteiger partial charge in [0.1, 0.15) is 5.75 Å². The number of halogens is 3. The first kappa shape index (κ1) is 23.3. The molecule has 0 fully saturated rings. The van der Waals surface area contributed by atoms with Crippen LogP contribution < -0.4 is 5.32 Å². The van der Waals surface area contributed by atoms with E-state index in [2.05, 4.69) is 10.3 Å². The van der Waals surface area contributed by atoms with Gasteiger partial charge in [-0.05, 0) is 30.3 Å². The van der Waals surface area contributed by atoms with E-state index in [4.69, 9.17) is 54.6 Å². The molecule has 0 saturated heterocycles. The van der Waals surface area contributed by atoms with Crippen LogP contribution >= 0.6 is 34.8 Å². The Kier molecular flexibility index (Phi) is 7.93. The summed E-state index contributed by atoms with van der Waals surface area (Å²) in [4.78, 5) is 22.6. The highest BCUT2D eigenvalue weighted by atomic mass is 35.5. The number of nitrogens with one attached hydrogen (secondary N) is 1. The highest BCUT2D eigenvalue weighted by Crippen LogP contribution is 2.29. The van der Waals surface area contributed by atoms with E-state index in [0.717, 1.165) is 11.3 Å². The highest BCUT2D eigenvalue weighted by molar-refractivity contribution is 6.42. The van der Waals surface area contributed by atoms with Crippen LogP contribution in [-0.2, 0) is 23.2 Å². The summed E-state index contributed by atoms with van der Waals surface area (Å²) in [6, 6.07) is 10.4. The Morgan fingerprint density at radius 3 is 2.30 bits per heavy atom. The van der Waals surface area contributed by atoms with Crippen molar-refractivity contribution in [3.63, 3.8) is 0 Å². The van der Waals surface area contributed by atoms with Crippen LogP contribution in [0, 0.1) is 0 Å². The first-order chi connectivity index (χ1) is 14.1. The molecule has 4 N–H and O–H groups in total. The number of phenols is 1. The number of carboxylic acid groups (broad SMARTS) is 2. The number of phenolic OH excluding ortho intramolecular Hbond substituents is 1. The highest BCUT2D eigenvalue weighted by Gasteiger charge is 2.11. The molecule has 1 aromatic heterocycles. The standard InChI is InChI=1S/C17H14Cl3N3O.C2H2O4/c1-23-15(10-2-4-13(19)14(20)7-10)9-22-17(23)21-8-11-6-12(18)3-5-16(11)24;3-1(4)2(5)6/h2-7,9,24H,8H2,1H3,(H,21,22);(H,3,4)(H,5,6). The van der Waals surface area contributed by atoms with E-state index in [0.29, 0.717) is 33.1 Å². The SMILES string of the molecule is Cn1c(-c2ccc(Cl)c(Cl)c2)cnc1NCc1cc(Cl)ccc1O.O=C(O)C(=O)O. The van der Waals surface area contributed by atoms with Gasteiger partial charge in [-0.3, -0.25) is 0 Å². The Balaban J connectivity index is 0.000000469. The van der Waals surface area contributed by atoms with E-state index < -0.39 is 11.9 Å². The molecule has 1 heterocycles. The second-order valence-corrected chi connectivity index (χ2v) is 7.14. The summed E-state index contributed by atoms with van der Waals surface area (Å²) in [5.74, 6) is -2.80. The molecule has 0 unspecified atom stereocenters. The zero-order valence-electron chi connectivity index (χ0n) is 15.4. The molecule has 2 aromatic carbocycles. The summed E-state index contributed by atoms with van der Waals surface area (Å²) < 4.78 is 1.90. The molecular weight excluding hydrogens is 457 g/mol. The molecule has 158 valence electrons. The predicted octanol–water partition coefficient (Wildman–Crippen LogP) is 4.52. The molecule has 0 bridgehead atoms. The number of anilines is 1. The first-order valence-corrected chi connectivity index (χ1v) is 9.38. The van der Waals surface area contributed by atoms with E-state index in [1.165, 1.54) is 0 Å². The molecule has 3 rings (SSSR count). The average molecular weight is 473 g/mol. The number of carboxylic acids is 2. The number of imidazole rings is 1. The van der Waals surface area contributed by atoms with Gasteiger partial charge >= 0.3 is 11.9 Å². The van der Waals surface area contributed by atoms with Gasteiger partial charge in [-0.25, -0.2) is 14.6 Å². The zero-order valence-corrected chi connectivity index (χ0v) is 17.7. The summed E-state index contributed by atoms with van der Waals surface area (Å²) >= 11 is 18.0. The lowest BCUT2D eigenvalue weighted by atomic mass is 10.2. The van der Waals surface area contributed by atoms with E-state index in [1.54, 1.807) is 36.5 Å². The van der Waals surface area contributed by atoms with Gasteiger partial charge in [-0.15, -0.1) is 0 Å². The molecule has 8 nitrogen and oxygen atoms in total. The van der Waals surface area contributed by atoms with Gasteiger partial charge in [0.2, 0.25) is 5.95 Å². The molecule has 0 aliphatic heterocycles. The van der Waals surface area contributed by atoms with Crippen molar-refractivity contribution in [3.8, 4) is 17.0 Å². The second kappa shape index (κ2) is 10.2. The number of benzene rings is 2. The minimum Gasteiger partial charge on any atom is -0.508 e. The number of aliphatic carboxylic acids is 2. The van der Waals surface area contributed by atoms with E-state index >= 15 is 0 Å². The van der Waals surface area contributed by atoms with E-state index in [9.17, 15) is 5.11 Å².